The van der Waals surface area contributed by atoms with Crippen LogP contribution in [0, 0.1) is 23.6 Å². The summed E-state index contributed by atoms with van der Waals surface area (Å²) in [5.74, 6) is -8.17. The van der Waals surface area contributed by atoms with Crippen LogP contribution in [0.1, 0.15) is 41.6 Å². The van der Waals surface area contributed by atoms with Crippen LogP contribution in [0.15, 0.2) is 54.1 Å². The van der Waals surface area contributed by atoms with Gasteiger partial charge in [-0.2, -0.15) is 0 Å². The maximum absolute atomic E-state index is 14.6. The number of ketones is 1. The number of fused-ring (bicyclic) bond motifs is 4. The average Bonchev–Trinajstić information content (AvgIpc) is 3.25. The van der Waals surface area contributed by atoms with Gasteiger partial charge in [-0.15, -0.1) is 23.2 Å². The predicted molar refractivity (Wildman–Crippen MR) is 142 cm³/mol. The van der Waals surface area contributed by atoms with Gasteiger partial charge < -0.3 is 5.11 Å². The number of halogens is 3. The fraction of sp³-hybridized carbons (Fsp3) is 0.345. The van der Waals surface area contributed by atoms with Gasteiger partial charge in [-0.3, -0.25) is 33.8 Å². The fourth-order valence-corrected chi connectivity index (χ4v) is 7.97. The number of amides is 4. The molecule has 206 valence electrons. The average molecular weight is 585 g/mol. The predicted octanol–water partition coefficient (Wildman–Crippen LogP) is 3.93. The molecule has 2 aromatic carbocycles. The maximum Gasteiger partial charge on any atom is 0.253 e. The summed E-state index contributed by atoms with van der Waals surface area (Å²) < 4.78 is 14.6. The Labute approximate surface area is 238 Å². The molecule has 2 heterocycles. The highest BCUT2D eigenvalue weighted by molar-refractivity contribution is 6.53. The van der Waals surface area contributed by atoms with Gasteiger partial charge >= 0.3 is 0 Å². The number of anilines is 1. The van der Waals surface area contributed by atoms with Crippen LogP contribution in [0.25, 0.3) is 0 Å². The van der Waals surface area contributed by atoms with E-state index in [1.54, 1.807) is 6.08 Å². The van der Waals surface area contributed by atoms with Crippen LogP contribution in [0.5, 0.6) is 5.75 Å². The Morgan fingerprint density at radius 3 is 2.33 bits per heavy atom. The molecule has 1 N–H and O–H groups in total. The Morgan fingerprint density at radius 2 is 1.68 bits per heavy atom. The van der Waals surface area contributed by atoms with Crippen molar-refractivity contribution in [2.45, 2.75) is 35.4 Å². The van der Waals surface area contributed by atoms with E-state index in [-0.39, 0.29) is 24.2 Å². The molecule has 1 saturated carbocycles. The van der Waals surface area contributed by atoms with Crippen LogP contribution in [-0.2, 0) is 19.2 Å². The van der Waals surface area contributed by atoms with Gasteiger partial charge in [0.2, 0.25) is 11.8 Å². The molecule has 2 aliphatic heterocycles. The van der Waals surface area contributed by atoms with Gasteiger partial charge in [0.1, 0.15) is 0 Å². The third-order valence-corrected chi connectivity index (χ3v) is 10.3. The molecule has 6 rings (SSSR count). The summed E-state index contributed by atoms with van der Waals surface area (Å²) >= 11 is 14.1. The van der Waals surface area contributed by atoms with E-state index in [2.05, 4.69) is 0 Å². The number of alkyl halides is 2. The topological polar surface area (TPSA) is 112 Å². The number of likely N-dealkylation sites (tertiary alicyclic amines) is 1. The smallest absolute Gasteiger partial charge is 0.253 e. The number of Topliss-reactive ketones (excluding diaryl/α,β-unsaturated/α-hetero) is 1. The van der Waals surface area contributed by atoms with Crippen LogP contribution in [0.4, 0.5) is 10.1 Å². The first-order chi connectivity index (χ1) is 18.8. The molecule has 0 spiro atoms. The van der Waals surface area contributed by atoms with Gasteiger partial charge in [0.05, 0.1) is 17.5 Å². The molecule has 0 radical (unpaired) electrons. The van der Waals surface area contributed by atoms with Gasteiger partial charge in [0.15, 0.2) is 27.1 Å². The zero-order chi connectivity index (χ0) is 28.9. The summed E-state index contributed by atoms with van der Waals surface area (Å²) in [6.45, 7) is 1.41. The number of phenolic OH excluding ortho intramolecular Hbond substituents is 1. The lowest BCUT2D eigenvalue weighted by Gasteiger charge is -2.50. The summed E-state index contributed by atoms with van der Waals surface area (Å²) in [4.78, 5) is 63.9. The van der Waals surface area contributed by atoms with Crippen LogP contribution in [0.3, 0.4) is 0 Å². The van der Waals surface area contributed by atoms with Gasteiger partial charge in [-0.25, -0.2) is 4.39 Å². The van der Waals surface area contributed by atoms with Gasteiger partial charge in [-0.05, 0) is 56.0 Å². The second kappa shape index (κ2) is 8.72. The van der Waals surface area contributed by atoms with E-state index in [0.717, 1.165) is 15.9 Å². The molecule has 2 aromatic rings. The summed E-state index contributed by atoms with van der Waals surface area (Å²) in [5, 5.41) is 10.7. The van der Waals surface area contributed by atoms with Gasteiger partial charge in [0, 0.05) is 24.1 Å². The van der Waals surface area contributed by atoms with Crippen molar-refractivity contribution >= 4 is 58.3 Å². The summed E-state index contributed by atoms with van der Waals surface area (Å²) in [7, 11) is 1.25. The number of hydrogen-bond acceptors (Lipinski definition) is 6. The molecule has 0 aromatic heterocycles. The number of para-hydroxylation sites is 1. The first kappa shape index (κ1) is 26.7. The van der Waals surface area contributed by atoms with Crippen LogP contribution >= 0.6 is 23.2 Å². The highest BCUT2D eigenvalue weighted by Crippen LogP contribution is 2.66. The van der Waals surface area contributed by atoms with E-state index in [1.807, 2.05) is 0 Å². The molecular weight excluding hydrogens is 562 g/mol. The Bertz CT molecular complexity index is 1570. The van der Waals surface area contributed by atoms with Crippen molar-refractivity contribution in [1.82, 2.24) is 4.90 Å². The molecule has 4 amide bonds. The Hall–Kier alpha value is -3.56. The Kier molecular flexibility index (Phi) is 5.81. The minimum absolute atomic E-state index is 0.0423. The highest BCUT2D eigenvalue weighted by atomic mass is 35.5. The van der Waals surface area contributed by atoms with E-state index in [9.17, 15) is 33.5 Å². The quantitative estimate of drug-likeness (QED) is 0.253. The largest absolute Gasteiger partial charge is 0.505 e. The molecule has 11 heteroatoms. The number of rotatable bonds is 3. The molecule has 0 unspecified atom stereocenters. The van der Waals surface area contributed by atoms with Crippen molar-refractivity contribution in [3.8, 4) is 5.75 Å². The number of nitrogens with zero attached hydrogens (tertiary/aromatic N) is 2. The molecule has 4 aliphatic rings. The molecule has 2 saturated heterocycles. The number of hydrogen-bond donors (Lipinski definition) is 1. The second-order valence-corrected chi connectivity index (χ2v) is 12.0. The van der Waals surface area contributed by atoms with Gasteiger partial charge in [0.25, 0.3) is 11.8 Å². The number of carbonyl (C=O) groups is 5. The van der Waals surface area contributed by atoms with Crippen LogP contribution < -0.4 is 4.90 Å². The van der Waals surface area contributed by atoms with E-state index < -0.39 is 68.6 Å². The Morgan fingerprint density at radius 1 is 1.00 bits per heavy atom. The molecule has 3 fully saturated rings. The van der Waals surface area contributed by atoms with Crippen molar-refractivity contribution in [3.05, 3.63) is 71.1 Å². The van der Waals surface area contributed by atoms with E-state index >= 15 is 0 Å². The van der Waals surface area contributed by atoms with Crippen molar-refractivity contribution in [2.75, 3.05) is 11.9 Å². The SMILES string of the molecule is CC(=O)c1ccc(N2C(=O)[C@H]3[C@H](CC=C4[C@H]3C[C@@]3(Cl)C(=O)N(C)C(=O)[C@@]3(Cl)[C@H]4c3cccc(F)c3O)C2=O)cc1. The third kappa shape index (κ3) is 3.22. The zero-order valence-electron chi connectivity index (χ0n) is 21.4. The molecule has 6 atom stereocenters. The lowest BCUT2D eigenvalue weighted by atomic mass is 9.56. The Balaban J connectivity index is 1.50. The summed E-state index contributed by atoms with van der Waals surface area (Å²) in [6.07, 6.45) is 1.60. The van der Waals surface area contributed by atoms with Gasteiger partial charge in [-0.1, -0.05) is 23.8 Å². The van der Waals surface area contributed by atoms with Crippen molar-refractivity contribution in [1.29, 1.82) is 0 Å². The number of carbonyl (C=O) groups excluding carboxylic acids is 5. The fourth-order valence-electron chi connectivity index (χ4n) is 6.95. The first-order valence-corrected chi connectivity index (χ1v) is 13.5. The first-order valence-electron chi connectivity index (χ1n) is 12.7. The van der Waals surface area contributed by atoms with Crippen molar-refractivity contribution < 1.29 is 33.5 Å². The number of benzene rings is 2. The highest BCUT2D eigenvalue weighted by Gasteiger charge is 2.76. The second-order valence-electron chi connectivity index (χ2n) is 10.8. The molecule has 8 nitrogen and oxygen atoms in total. The normalized spacial score (nSPS) is 33.1. The maximum atomic E-state index is 14.6. The third-order valence-electron chi connectivity index (χ3n) is 8.88. The van der Waals surface area contributed by atoms with E-state index in [0.29, 0.717) is 16.8 Å². The molecular formula is C29H23Cl2FN2O6. The number of imide groups is 2. The van der Waals surface area contributed by atoms with Crippen LogP contribution in [-0.4, -0.2) is 56.2 Å². The summed E-state index contributed by atoms with van der Waals surface area (Å²) in [5.41, 5.74) is 1.12. The van der Waals surface area contributed by atoms with E-state index in [1.165, 1.54) is 50.4 Å². The minimum Gasteiger partial charge on any atom is -0.505 e. The summed E-state index contributed by atoms with van der Waals surface area (Å²) in [6, 6.07) is 9.89. The van der Waals surface area contributed by atoms with Crippen LogP contribution in [0.2, 0.25) is 0 Å². The molecule has 2 aliphatic carbocycles. The number of aromatic hydroxyl groups is 1. The standard InChI is InChI=1S/C29H23Cl2FN2O6/c1-13(35)14-6-8-15(9-7-14)34-24(37)17-11-10-16-19(21(17)25(34)38)12-28(30)26(39)33(2)27(40)29(28,31)22(16)18-4-3-5-20(32)23(18)36/h3-10,17,19,21-22,36H,11-12H2,1-2H3/t17-,19+,21-,22+,28+,29-/m0/s1. The number of phenols is 1. The monoisotopic (exact) mass is 584 g/mol. The minimum atomic E-state index is -2.12. The number of allylic oxidation sites excluding steroid dienone is 2. The molecule has 0 bridgehead atoms. The lowest BCUT2D eigenvalue weighted by molar-refractivity contribution is -0.138. The van der Waals surface area contributed by atoms with E-state index in [4.69, 9.17) is 23.2 Å². The zero-order valence-corrected chi connectivity index (χ0v) is 22.9. The molecule has 40 heavy (non-hydrogen) atoms. The van der Waals surface area contributed by atoms with Crippen molar-refractivity contribution in [2.24, 2.45) is 17.8 Å². The van der Waals surface area contributed by atoms with Crippen molar-refractivity contribution in [3.63, 3.8) is 0 Å². The lowest BCUT2D eigenvalue weighted by Crippen LogP contribution is -2.60.